The third-order valence-corrected chi connectivity index (χ3v) is 6.51. The van der Waals surface area contributed by atoms with Gasteiger partial charge >= 0.3 is 11.6 Å². The molecule has 11 nitrogen and oxygen atoms in total. The Labute approximate surface area is 209 Å². The van der Waals surface area contributed by atoms with Crippen LogP contribution in [0.25, 0.3) is 33.5 Å². The Morgan fingerprint density at radius 3 is 2.59 bits per heavy atom. The first-order chi connectivity index (χ1) is 17.7. The van der Waals surface area contributed by atoms with Gasteiger partial charge in [-0.2, -0.15) is 8.42 Å². The van der Waals surface area contributed by atoms with Crippen LogP contribution in [0.2, 0.25) is 0 Å². The molecule has 0 saturated carbocycles. The van der Waals surface area contributed by atoms with Gasteiger partial charge in [0.15, 0.2) is 5.58 Å². The van der Waals surface area contributed by atoms with Crippen LogP contribution in [0.4, 0.5) is 5.69 Å². The highest BCUT2D eigenvalue weighted by atomic mass is 32.2. The molecule has 0 radical (unpaired) electrons. The number of fused-ring (bicyclic) bond motifs is 2. The normalized spacial score (nSPS) is 11.8. The van der Waals surface area contributed by atoms with Gasteiger partial charge in [-0.15, -0.1) is 0 Å². The second-order valence-corrected chi connectivity index (χ2v) is 9.89. The lowest BCUT2D eigenvalue weighted by Gasteiger charge is -2.24. The molecule has 0 fully saturated rings. The molecule has 2 aromatic carbocycles. The minimum atomic E-state index is -4.11. The minimum absolute atomic E-state index is 0.00178. The molecule has 190 valence electrons. The summed E-state index contributed by atoms with van der Waals surface area (Å²) in [5.41, 5.74) is 0.984. The van der Waals surface area contributed by atoms with Crippen molar-refractivity contribution in [1.82, 2.24) is 4.98 Å². The summed E-state index contributed by atoms with van der Waals surface area (Å²) in [7, 11) is -4.11. The predicted octanol–water partition coefficient (Wildman–Crippen LogP) is 4.18. The third-order valence-electron chi connectivity index (χ3n) is 5.71. The van der Waals surface area contributed by atoms with Gasteiger partial charge in [0.05, 0.1) is 24.1 Å². The van der Waals surface area contributed by atoms with Gasteiger partial charge in [-0.3, -0.25) is 4.55 Å². The van der Waals surface area contributed by atoms with Crippen molar-refractivity contribution in [2.45, 2.75) is 13.0 Å². The van der Waals surface area contributed by atoms with E-state index in [4.69, 9.17) is 17.8 Å². The van der Waals surface area contributed by atoms with Gasteiger partial charge in [0.2, 0.25) is 5.89 Å². The monoisotopic (exact) mass is 524 g/mol. The van der Waals surface area contributed by atoms with E-state index in [1.165, 1.54) is 24.5 Å². The second-order valence-electron chi connectivity index (χ2n) is 8.32. The minimum Gasteiger partial charge on any atom is -0.478 e. The summed E-state index contributed by atoms with van der Waals surface area (Å²) < 4.78 is 48.0. The lowest BCUT2D eigenvalue weighted by Crippen LogP contribution is -2.25. The van der Waals surface area contributed by atoms with E-state index in [9.17, 15) is 23.1 Å². The van der Waals surface area contributed by atoms with Crippen molar-refractivity contribution in [1.29, 1.82) is 0 Å². The fourth-order valence-corrected chi connectivity index (χ4v) is 4.44. The summed E-state index contributed by atoms with van der Waals surface area (Å²) in [6, 6.07) is 14.5. The summed E-state index contributed by atoms with van der Waals surface area (Å²) in [5.74, 6) is -0.856. The number of anilines is 1. The highest BCUT2D eigenvalue weighted by Crippen LogP contribution is 2.28. The van der Waals surface area contributed by atoms with Crippen LogP contribution in [-0.4, -0.2) is 41.3 Å². The summed E-state index contributed by atoms with van der Waals surface area (Å²) in [6.07, 6.45) is 1.70. The molecule has 12 heteroatoms. The molecule has 0 aliphatic carbocycles. The van der Waals surface area contributed by atoms with Crippen molar-refractivity contribution in [3.8, 4) is 11.5 Å². The number of aromatic nitrogens is 1. The molecule has 0 bridgehead atoms. The largest absolute Gasteiger partial charge is 0.478 e. The number of aromatic carboxylic acids is 1. The Morgan fingerprint density at radius 1 is 1.03 bits per heavy atom. The molecule has 5 aromatic rings. The smallest absolute Gasteiger partial charge is 0.349 e. The molecule has 0 amide bonds. The lowest BCUT2D eigenvalue weighted by molar-refractivity contribution is 0.0697. The molecule has 3 aromatic heterocycles. The number of hydrogen-bond donors (Lipinski definition) is 2. The van der Waals surface area contributed by atoms with Crippen LogP contribution in [0.1, 0.15) is 22.5 Å². The number of carboxylic acids is 1. The number of furan rings is 1. The van der Waals surface area contributed by atoms with Crippen LogP contribution in [0, 0.1) is 0 Å². The zero-order valence-corrected chi connectivity index (χ0v) is 20.0. The molecule has 0 spiro atoms. The number of oxazole rings is 1. The second kappa shape index (κ2) is 9.56. The fourth-order valence-electron chi connectivity index (χ4n) is 3.95. The van der Waals surface area contributed by atoms with E-state index in [1.54, 1.807) is 36.4 Å². The zero-order valence-electron chi connectivity index (χ0n) is 19.2. The predicted molar refractivity (Wildman–Crippen MR) is 133 cm³/mol. The van der Waals surface area contributed by atoms with Gasteiger partial charge in [-0.1, -0.05) is 0 Å². The molecule has 2 N–H and O–H groups in total. The van der Waals surface area contributed by atoms with E-state index >= 15 is 0 Å². The maximum absolute atomic E-state index is 12.8. The van der Waals surface area contributed by atoms with E-state index < -0.39 is 27.5 Å². The number of rotatable bonds is 9. The van der Waals surface area contributed by atoms with Gasteiger partial charge in [0, 0.05) is 23.7 Å². The van der Waals surface area contributed by atoms with Gasteiger partial charge in [0.25, 0.3) is 10.1 Å². The highest BCUT2D eigenvalue weighted by molar-refractivity contribution is 7.85. The maximum atomic E-state index is 12.8. The van der Waals surface area contributed by atoms with E-state index in [-0.39, 0.29) is 35.6 Å². The fraction of sp³-hybridized carbons (Fsp3) is 0.160. The SMILES string of the molecule is O=C(O)c1ccc2oc(-c3cc4ccc(N(CCCS(=O)(=O)O)Cc5ccco5)cc4oc3=O)nc2c1. The summed E-state index contributed by atoms with van der Waals surface area (Å²) >= 11 is 0. The van der Waals surface area contributed by atoms with Crippen molar-refractivity contribution in [2.75, 3.05) is 17.2 Å². The molecule has 37 heavy (non-hydrogen) atoms. The molecule has 0 unspecified atom stereocenters. The molecule has 0 saturated heterocycles. The van der Waals surface area contributed by atoms with Crippen LogP contribution >= 0.6 is 0 Å². The average Bonchev–Trinajstić information content (AvgIpc) is 3.51. The van der Waals surface area contributed by atoms with Gasteiger partial charge in [0.1, 0.15) is 22.4 Å². The average molecular weight is 525 g/mol. The van der Waals surface area contributed by atoms with Crippen molar-refractivity contribution in [3.63, 3.8) is 0 Å². The van der Waals surface area contributed by atoms with E-state index in [1.807, 2.05) is 4.90 Å². The molecule has 3 heterocycles. The molecular formula is C25H20N2O9S. The lowest BCUT2D eigenvalue weighted by atomic mass is 10.1. The Hall–Kier alpha value is -4.42. The van der Waals surface area contributed by atoms with Crippen molar-refractivity contribution in [2.24, 2.45) is 0 Å². The summed E-state index contributed by atoms with van der Waals surface area (Å²) in [5, 5.41) is 9.76. The van der Waals surface area contributed by atoms with E-state index in [0.29, 0.717) is 34.5 Å². The molecular weight excluding hydrogens is 504 g/mol. The van der Waals surface area contributed by atoms with Crippen LogP contribution in [-0.2, 0) is 16.7 Å². The molecule has 0 aliphatic rings. The Kier molecular flexibility index (Phi) is 6.27. The van der Waals surface area contributed by atoms with Crippen LogP contribution in [0.3, 0.4) is 0 Å². The number of hydrogen-bond acceptors (Lipinski definition) is 9. The number of nitrogens with zero attached hydrogens (tertiary/aromatic N) is 2. The highest BCUT2D eigenvalue weighted by Gasteiger charge is 2.18. The van der Waals surface area contributed by atoms with Crippen LogP contribution in [0.5, 0.6) is 0 Å². The zero-order chi connectivity index (χ0) is 26.2. The van der Waals surface area contributed by atoms with Gasteiger partial charge in [-0.25, -0.2) is 14.6 Å². The Balaban J connectivity index is 1.48. The molecule has 5 rings (SSSR count). The summed E-state index contributed by atoms with van der Waals surface area (Å²) in [6.45, 7) is 0.614. The van der Waals surface area contributed by atoms with Crippen molar-refractivity contribution >= 4 is 43.8 Å². The van der Waals surface area contributed by atoms with Gasteiger partial charge < -0.3 is 23.3 Å². The summed E-state index contributed by atoms with van der Waals surface area (Å²) in [4.78, 5) is 30.1. The van der Waals surface area contributed by atoms with Crippen LogP contribution in [0.15, 0.2) is 78.9 Å². The van der Waals surface area contributed by atoms with E-state index in [0.717, 1.165) is 0 Å². The first-order valence-corrected chi connectivity index (χ1v) is 12.7. The number of benzene rings is 2. The maximum Gasteiger partial charge on any atom is 0.349 e. The third kappa shape index (κ3) is 5.39. The standard InChI is InChI=1S/C25H20N2O9S/c28-24(29)16-5-7-21-20(12-16)26-23(35-21)19-11-15-4-6-17(13-22(15)36-25(19)30)27(8-2-10-37(31,32)33)14-18-3-1-9-34-18/h1,3-7,9,11-13H,2,8,10,14H2,(H,28,29)(H,31,32,33). The molecule has 0 aliphatic heterocycles. The van der Waals surface area contributed by atoms with E-state index in [2.05, 4.69) is 4.98 Å². The number of carboxylic acid groups (broad SMARTS) is 1. The van der Waals surface area contributed by atoms with Crippen molar-refractivity contribution < 1.29 is 36.1 Å². The quantitative estimate of drug-likeness (QED) is 0.210. The first-order valence-electron chi connectivity index (χ1n) is 11.1. The Bertz CT molecular complexity index is 1770. The topological polar surface area (TPSA) is 164 Å². The van der Waals surface area contributed by atoms with Crippen molar-refractivity contribution in [3.05, 3.63) is 82.6 Å². The number of carbonyl (C=O) groups is 1. The Morgan fingerprint density at radius 2 is 1.86 bits per heavy atom. The van der Waals surface area contributed by atoms with Gasteiger partial charge in [-0.05, 0) is 55.0 Å². The first kappa shape index (κ1) is 24.3. The van der Waals surface area contributed by atoms with Crippen LogP contribution < -0.4 is 10.5 Å². The molecule has 0 atom stereocenters.